The van der Waals surface area contributed by atoms with Crippen LogP contribution in [-0.4, -0.2) is 19.5 Å². The van der Waals surface area contributed by atoms with Crippen molar-refractivity contribution in [2.75, 3.05) is 18.5 Å². The molecule has 1 heterocycles. The van der Waals surface area contributed by atoms with E-state index in [1.807, 2.05) is 29.6 Å². The summed E-state index contributed by atoms with van der Waals surface area (Å²) in [6, 6.07) is 7.65. The van der Waals surface area contributed by atoms with E-state index < -0.39 is 13.0 Å². The molecule has 0 aliphatic rings. The van der Waals surface area contributed by atoms with E-state index in [2.05, 4.69) is 10.1 Å². The Bertz CT molecular complexity index is 495. The summed E-state index contributed by atoms with van der Waals surface area (Å²) in [7, 11) is 0. The summed E-state index contributed by atoms with van der Waals surface area (Å²) in [5.74, 6) is 0. The molecule has 0 unspecified atom stereocenters. The third kappa shape index (κ3) is 3.61. The number of fused-ring (bicyclic) bond motifs is 1. The van der Waals surface area contributed by atoms with Crippen LogP contribution in [0.15, 0.2) is 29.6 Å². The molecule has 0 radical (unpaired) electrons. The van der Waals surface area contributed by atoms with Gasteiger partial charge in [-0.2, -0.15) is 0 Å². The lowest BCUT2D eigenvalue weighted by molar-refractivity contribution is -0.322. The topological polar surface area (TPSA) is 21.3 Å². The van der Waals surface area contributed by atoms with Crippen LogP contribution in [0, 0.1) is 0 Å². The van der Waals surface area contributed by atoms with Crippen molar-refractivity contribution in [2.45, 2.75) is 6.36 Å². The van der Waals surface area contributed by atoms with Crippen LogP contribution in [0.4, 0.5) is 18.9 Å². The standard InChI is InChI=1S/C11H10F3NOS/c12-11(13,14)16-5-4-15-9-1-2-10-8(7-9)3-6-17-10/h1-3,6-7,15H,4-5H2. The minimum atomic E-state index is -4.56. The van der Waals surface area contributed by atoms with Crippen molar-refractivity contribution in [1.82, 2.24) is 0 Å². The maximum atomic E-state index is 11.7. The van der Waals surface area contributed by atoms with E-state index >= 15 is 0 Å². The molecule has 17 heavy (non-hydrogen) atoms. The van der Waals surface area contributed by atoms with Crippen LogP contribution in [0.5, 0.6) is 0 Å². The highest BCUT2D eigenvalue weighted by Crippen LogP contribution is 2.24. The zero-order valence-electron chi connectivity index (χ0n) is 8.75. The van der Waals surface area contributed by atoms with Crippen molar-refractivity contribution in [3.05, 3.63) is 29.6 Å². The van der Waals surface area contributed by atoms with Crippen LogP contribution >= 0.6 is 11.3 Å². The number of rotatable bonds is 4. The number of thiophene rings is 1. The summed E-state index contributed by atoms with van der Waals surface area (Å²) in [6.07, 6.45) is -4.56. The molecule has 0 fully saturated rings. The number of benzene rings is 1. The molecule has 2 aromatic rings. The van der Waals surface area contributed by atoms with Gasteiger partial charge in [0.15, 0.2) is 0 Å². The van der Waals surface area contributed by atoms with Gasteiger partial charge in [-0.1, -0.05) is 0 Å². The molecule has 0 saturated heterocycles. The van der Waals surface area contributed by atoms with Gasteiger partial charge < -0.3 is 5.32 Å². The fraction of sp³-hybridized carbons (Fsp3) is 0.273. The second-order valence-electron chi connectivity index (χ2n) is 3.39. The molecule has 0 aliphatic heterocycles. The third-order valence-electron chi connectivity index (χ3n) is 2.15. The Balaban J connectivity index is 1.86. The summed E-state index contributed by atoms with van der Waals surface area (Å²) in [4.78, 5) is 0. The number of hydrogen-bond acceptors (Lipinski definition) is 3. The second-order valence-corrected chi connectivity index (χ2v) is 4.34. The van der Waals surface area contributed by atoms with Gasteiger partial charge in [0.05, 0.1) is 6.61 Å². The number of alkyl halides is 3. The van der Waals surface area contributed by atoms with Gasteiger partial charge in [-0.05, 0) is 35.0 Å². The van der Waals surface area contributed by atoms with Gasteiger partial charge in [-0.15, -0.1) is 24.5 Å². The molecule has 0 saturated carbocycles. The molecule has 1 N–H and O–H groups in total. The Labute approximate surface area is 100 Å². The molecule has 0 aliphatic carbocycles. The van der Waals surface area contributed by atoms with E-state index in [0.717, 1.165) is 15.8 Å². The second kappa shape index (κ2) is 4.93. The molecule has 92 valence electrons. The number of hydrogen-bond donors (Lipinski definition) is 1. The molecule has 1 aromatic carbocycles. The average Bonchev–Trinajstić information content (AvgIpc) is 2.70. The molecular formula is C11H10F3NOS. The average molecular weight is 261 g/mol. The van der Waals surface area contributed by atoms with Gasteiger partial charge in [-0.25, -0.2) is 0 Å². The van der Waals surface area contributed by atoms with E-state index in [9.17, 15) is 13.2 Å². The lowest BCUT2D eigenvalue weighted by Crippen LogP contribution is -2.19. The van der Waals surface area contributed by atoms with E-state index in [1.54, 1.807) is 11.3 Å². The number of halogens is 3. The van der Waals surface area contributed by atoms with Gasteiger partial charge >= 0.3 is 6.36 Å². The van der Waals surface area contributed by atoms with Crippen molar-refractivity contribution in [3.63, 3.8) is 0 Å². The third-order valence-corrected chi connectivity index (χ3v) is 3.05. The summed E-state index contributed by atoms with van der Waals surface area (Å²) in [6.45, 7) is -0.277. The number of anilines is 1. The molecule has 2 rings (SSSR count). The number of nitrogens with one attached hydrogen (secondary N) is 1. The lowest BCUT2D eigenvalue weighted by Gasteiger charge is -2.09. The molecule has 1 aromatic heterocycles. The fourth-order valence-corrected chi connectivity index (χ4v) is 2.21. The summed E-state index contributed by atoms with van der Waals surface area (Å²) < 4.78 is 39.9. The van der Waals surface area contributed by atoms with Crippen LogP contribution in [-0.2, 0) is 4.74 Å². The maximum absolute atomic E-state index is 11.7. The summed E-state index contributed by atoms with van der Waals surface area (Å²) >= 11 is 1.63. The first-order valence-corrected chi connectivity index (χ1v) is 5.84. The highest BCUT2D eigenvalue weighted by Gasteiger charge is 2.28. The predicted molar refractivity (Wildman–Crippen MR) is 62.3 cm³/mol. The SMILES string of the molecule is FC(F)(F)OCCNc1ccc2sccc2c1. The molecule has 0 atom stereocenters. The Morgan fingerprint density at radius 2 is 2.06 bits per heavy atom. The summed E-state index contributed by atoms with van der Waals surface area (Å²) in [5, 5.41) is 5.93. The highest BCUT2D eigenvalue weighted by atomic mass is 32.1. The molecule has 2 nitrogen and oxygen atoms in total. The van der Waals surface area contributed by atoms with Crippen molar-refractivity contribution < 1.29 is 17.9 Å². The van der Waals surface area contributed by atoms with Gasteiger partial charge in [0.2, 0.25) is 0 Å². The normalized spacial score (nSPS) is 11.9. The Kier molecular flexibility index (Phi) is 3.54. The van der Waals surface area contributed by atoms with E-state index in [-0.39, 0.29) is 6.54 Å². The van der Waals surface area contributed by atoms with Crippen LogP contribution in [0.3, 0.4) is 0 Å². The smallest absolute Gasteiger partial charge is 0.383 e. The minimum absolute atomic E-state index is 0.120. The summed E-state index contributed by atoms with van der Waals surface area (Å²) in [5.41, 5.74) is 0.793. The van der Waals surface area contributed by atoms with Crippen LogP contribution < -0.4 is 5.32 Å². The Morgan fingerprint density at radius 3 is 2.82 bits per heavy atom. The first kappa shape index (κ1) is 12.2. The zero-order chi connectivity index (χ0) is 12.3. The molecule has 0 amide bonds. The van der Waals surface area contributed by atoms with Crippen molar-refractivity contribution in [3.8, 4) is 0 Å². The zero-order valence-corrected chi connectivity index (χ0v) is 9.57. The van der Waals surface area contributed by atoms with Crippen LogP contribution in [0.25, 0.3) is 10.1 Å². The van der Waals surface area contributed by atoms with Gasteiger partial charge in [0, 0.05) is 16.9 Å². The van der Waals surface area contributed by atoms with Crippen molar-refractivity contribution >= 4 is 27.1 Å². The first-order chi connectivity index (χ1) is 8.04. The molecular weight excluding hydrogens is 251 g/mol. The van der Waals surface area contributed by atoms with Gasteiger partial charge in [0.1, 0.15) is 0 Å². The largest absolute Gasteiger partial charge is 0.522 e. The first-order valence-electron chi connectivity index (χ1n) is 4.96. The predicted octanol–water partition coefficient (Wildman–Crippen LogP) is 3.85. The van der Waals surface area contributed by atoms with Crippen molar-refractivity contribution in [2.24, 2.45) is 0 Å². The quantitative estimate of drug-likeness (QED) is 0.844. The molecule has 0 bridgehead atoms. The van der Waals surface area contributed by atoms with Crippen LogP contribution in [0.1, 0.15) is 0 Å². The monoisotopic (exact) mass is 261 g/mol. The highest BCUT2D eigenvalue weighted by molar-refractivity contribution is 7.17. The van der Waals surface area contributed by atoms with Gasteiger partial charge in [-0.3, -0.25) is 4.74 Å². The Morgan fingerprint density at radius 1 is 1.24 bits per heavy atom. The molecule has 6 heteroatoms. The van der Waals surface area contributed by atoms with E-state index in [0.29, 0.717) is 0 Å². The van der Waals surface area contributed by atoms with Gasteiger partial charge in [0.25, 0.3) is 0 Å². The van der Waals surface area contributed by atoms with E-state index in [4.69, 9.17) is 0 Å². The van der Waals surface area contributed by atoms with Crippen molar-refractivity contribution in [1.29, 1.82) is 0 Å². The maximum Gasteiger partial charge on any atom is 0.522 e. The fourth-order valence-electron chi connectivity index (χ4n) is 1.44. The Hall–Kier alpha value is -1.27. The van der Waals surface area contributed by atoms with Crippen LogP contribution in [0.2, 0.25) is 0 Å². The van der Waals surface area contributed by atoms with E-state index in [1.165, 1.54) is 0 Å². The lowest BCUT2D eigenvalue weighted by atomic mass is 10.2. The molecule has 0 spiro atoms. The minimum Gasteiger partial charge on any atom is -0.383 e. The number of ether oxygens (including phenoxy) is 1.